The number of hydrogen-bond acceptors (Lipinski definition) is 5. The van der Waals surface area contributed by atoms with Crippen LogP contribution in [-0.2, 0) is 17.9 Å². The van der Waals surface area contributed by atoms with Crippen molar-refractivity contribution in [3.63, 3.8) is 0 Å². The maximum atomic E-state index is 12.7. The molecule has 1 unspecified atom stereocenters. The van der Waals surface area contributed by atoms with E-state index in [0.717, 1.165) is 17.2 Å². The number of carbonyl (C=O) groups is 1. The summed E-state index contributed by atoms with van der Waals surface area (Å²) in [6.07, 6.45) is 4.98. The average molecular weight is 315 g/mol. The fraction of sp³-hybridized carbons (Fsp3) is 0.500. The zero-order chi connectivity index (χ0) is 16.4. The van der Waals surface area contributed by atoms with E-state index in [4.69, 9.17) is 4.74 Å². The zero-order valence-corrected chi connectivity index (χ0v) is 13.7. The minimum Gasteiger partial charge on any atom is -0.375 e. The van der Waals surface area contributed by atoms with Crippen molar-refractivity contribution in [3.05, 3.63) is 41.5 Å². The van der Waals surface area contributed by atoms with Gasteiger partial charge in [-0.1, -0.05) is 0 Å². The van der Waals surface area contributed by atoms with Gasteiger partial charge in [0.25, 0.3) is 5.91 Å². The van der Waals surface area contributed by atoms with Crippen LogP contribution in [0.25, 0.3) is 0 Å². The van der Waals surface area contributed by atoms with Crippen LogP contribution >= 0.6 is 0 Å². The third-order valence-electron chi connectivity index (χ3n) is 4.09. The lowest BCUT2D eigenvalue weighted by Crippen LogP contribution is -2.42. The highest BCUT2D eigenvalue weighted by Gasteiger charge is 2.31. The third kappa shape index (κ3) is 2.96. The second-order valence-electron chi connectivity index (χ2n) is 5.61. The maximum absolute atomic E-state index is 12.7. The summed E-state index contributed by atoms with van der Waals surface area (Å²) in [5.74, 6) is 0.782. The summed E-state index contributed by atoms with van der Waals surface area (Å²) in [6.45, 7) is 8.37. The minimum atomic E-state index is -0.106. The molecule has 0 saturated heterocycles. The second-order valence-corrected chi connectivity index (χ2v) is 5.61. The van der Waals surface area contributed by atoms with Crippen molar-refractivity contribution < 1.29 is 9.53 Å². The molecule has 2 aromatic heterocycles. The Labute approximate surface area is 135 Å². The van der Waals surface area contributed by atoms with E-state index in [-0.39, 0.29) is 11.9 Å². The van der Waals surface area contributed by atoms with Gasteiger partial charge in [-0.15, -0.1) is 0 Å². The Hall–Kier alpha value is -2.28. The van der Waals surface area contributed by atoms with Gasteiger partial charge >= 0.3 is 0 Å². The van der Waals surface area contributed by atoms with Gasteiger partial charge in [-0.05, 0) is 20.8 Å². The van der Waals surface area contributed by atoms with Crippen molar-refractivity contribution in [3.8, 4) is 0 Å². The third-order valence-corrected chi connectivity index (χ3v) is 4.09. The summed E-state index contributed by atoms with van der Waals surface area (Å²) >= 11 is 0. The van der Waals surface area contributed by atoms with Gasteiger partial charge in [0.15, 0.2) is 0 Å². The Morgan fingerprint density at radius 3 is 2.78 bits per heavy atom. The van der Waals surface area contributed by atoms with Crippen LogP contribution in [0.15, 0.2) is 18.6 Å². The summed E-state index contributed by atoms with van der Waals surface area (Å²) < 4.78 is 7.62. The van der Waals surface area contributed by atoms with E-state index in [9.17, 15) is 4.79 Å². The Bertz CT molecular complexity index is 695. The number of imidazole rings is 1. The number of hydrogen-bond donors (Lipinski definition) is 0. The zero-order valence-electron chi connectivity index (χ0n) is 13.7. The predicted molar refractivity (Wildman–Crippen MR) is 83.8 cm³/mol. The summed E-state index contributed by atoms with van der Waals surface area (Å²) in [5, 5.41) is 0. The maximum Gasteiger partial charge on any atom is 0.274 e. The molecule has 0 aliphatic carbocycles. The molecule has 3 rings (SSSR count). The molecule has 0 spiro atoms. The smallest absolute Gasteiger partial charge is 0.274 e. The van der Waals surface area contributed by atoms with Crippen LogP contribution in [0.4, 0.5) is 0 Å². The molecule has 0 radical (unpaired) electrons. The molecule has 0 bridgehead atoms. The molecule has 2 aromatic rings. The molecule has 0 N–H and O–H groups in total. The normalized spacial score (nSPS) is 17.2. The van der Waals surface area contributed by atoms with E-state index in [0.29, 0.717) is 32.0 Å². The number of ether oxygens (including phenoxy) is 1. The number of amides is 1. The fourth-order valence-corrected chi connectivity index (χ4v) is 2.81. The highest BCUT2D eigenvalue weighted by atomic mass is 16.5. The molecule has 0 saturated carbocycles. The van der Waals surface area contributed by atoms with Gasteiger partial charge in [0.2, 0.25) is 0 Å². The summed E-state index contributed by atoms with van der Waals surface area (Å²) in [5.41, 5.74) is 2.22. The van der Waals surface area contributed by atoms with Gasteiger partial charge < -0.3 is 14.2 Å². The van der Waals surface area contributed by atoms with Crippen LogP contribution in [0, 0.1) is 6.92 Å². The van der Waals surface area contributed by atoms with Gasteiger partial charge in [0.05, 0.1) is 36.4 Å². The van der Waals surface area contributed by atoms with Gasteiger partial charge in [-0.25, -0.2) is 9.97 Å². The predicted octanol–water partition coefficient (Wildman–Crippen LogP) is 1.74. The van der Waals surface area contributed by atoms with Crippen LogP contribution in [0.5, 0.6) is 0 Å². The van der Waals surface area contributed by atoms with Gasteiger partial charge in [0.1, 0.15) is 11.5 Å². The Balaban J connectivity index is 1.80. The van der Waals surface area contributed by atoms with E-state index in [1.54, 1.807) is 11.1 Å². The lowest BCUT2D eigenvalue weighted by atomic mass is 10.2. The summed E-state index contributed by atoms with van der Waals surface area (Å²) in [6, 6.07) is -0.102. The van der Waals surface area contributed by atoms with E-state index < -0.39 is 0 Å². The number of fused-ring (bicyclic) bond motifs is 1. The molecule has 1 amide bonds. The van der Waals surface area contributed by atoms with E-state index in [1.807, 2.05) is 27.0 Å². The molecule has 1 aliphatic rings. The van der Waals surface area contributed by atoms with Crippen LogP contribution in [0.2, 0.25) is 0 Å². The van der Waals surface area contributed by atoms with E-state index in [2.05, 4.69) is 19.5 Å². The van der Waals surface area contributed by atoms with Gasteiger partial charge in [0, 0.05) is 25.9 Å². The first-order chi connectivity index (χ1) is 11.1. The molecular weight excluding hydrogens is 294 g/mol. The average Bonchev–Trinajstić information content (AvgIpc) is 2.97. The summed E-state index contributed by atoms with van der Waals surface area (Å²) in [4.78, 5) is 27.3. The highest BCUT2D eigenvalue weighted by molar-refractivity contribution is 5.92. The van der Waals surface area contributed by atoms with Crippen LogP contribution in [-0.4, -0.2) is 43.5 Å². The SMILES string of the molecule is CCOCc1cnc2n1CCN(C(=O)c1cnc(C)cn1)C2C. The minimum absolute atomic E-state index is 0.102. The molecule has 0 aromatic carbocycles. The lowest BCUT2D eigenvalue weighted by Gasteiger charge is -2.34. The first kappa shape index (κ1) is 15.6. The molecule has 0 fully saturated rings. The van der Waals surface area contributed by atoms with Crippen molar-refractivity contribution in [2.45, 2.75) is 40.0 Å². The van der Waals surface area contributed by atoms with Crippen molar-refractivity contribution in [1.82, 2.24) is 24.4 Å². The standard InChI is InChI=1S/C16H21N5O2/c1-4-23-10-13-8-19-15-12(3)20(5-6-21(13)15)16(22)14-9-17-11(2)7-18-14/h7-9,12H,4-6,10H2,1-3H3. The van der Waals surface area contributed by atoms with Crippen molar-refractivity contribution >= 4 is 5.91 Å². The molecule has 1 aliphatic heterocycles. The van der Waals surface area contributed by atoms with E-state index >= 15 is 0 Å². The molecule has 3 heterocycles. The van der Waals surface area contributed by atoms with Crippen molar-refractivity contribution in [1.29, 1.82) is 0 Å². The Morgan fingerprint density at radius 2 is 2.09 bits per heavy atom. The quantitative estimate of drug-likeness (QED) is 0.859. The number of nitrogens with zero attached hydrogens (tertiary/aromatic N) is 5. The van der Waals surface area contributed by atoms with Crippen molar-refractivity contribution in [2.75, 3.05) is 13.2 Å². The first-order valence-electron chi connectivity index (χ1n) is 7.83. The number of carbonyl (C=O) groups excluding carboxylic acids is 1. The second kappa shape index (κ2) is 6.45. The van der Waals surface area contributed by atoms with Gasteiger partial charge in [-0.2, -0.15) is 0 Å². The molecule has 23 heavy (non-hydrogen) atoms. The lowest BCUT2D eigenvalue weighted by molar-refractivity contribution is 0.0623. The fourth-order valence-electron chi connectivity index (χ4n) is 2.81. The highest BCUT2D eigenvalue weighted by Crippen LogP contribution is 2.26. The van der Waals surface area contributed by atoms with E-state index in [1.165, 1.54) is 6.20 Å². The monoisotopic (exact) mass is 315 g/mol. The molecule has 122 valence electrons. The number of rotatable bonds is 4. The van der Waals surface area contributed by atoms with Crippen LogP contribution in [0.1, 0.15) is 47.6 Å². The first-order valence-corrected chi connectivity index (χ1v) is 7.83. The van der Waals surface area contributed by atoms with Crippen LogP contribution in [0.3, 0.4) is 0 Å². The van der Waals surface area contributed by atoms with Crippen LogP contribution < -0.4 is 0 Å². The van der Waals surface area contributed by atoms with Gasteiger partial charge in [-0.3, -0.25) is 9.78 Å². The largest absolute Gasteiger partial charge is 0.375 e. The molecule has 7 nitrogen and oxygen atoms in total. The topological polar surface area (TPSA) is 73.1 Å². The number of aryl methyl sites for hydroxylation is 1. The molecule has 7 heteroatoms. The summed E-state index contributed by atoms with van der Waals surface area (Å²) in [7, 11) is 0. The Morgan fingerprint density at radius 1 is 1.26 bits per heavy atom. The van der Waals surface area contributed by atoms with Crippen molar-refractivity contribution in [2.24, 2.45) is 0 Å². The Kier molecular flexibility index (Phi) is 4.38. The molecule has 1 atom stereocenters. The molecular formula is C16H21N5O2. The number of aromatic nitrogens is 4.